The van der Waals surface area contributed by atoms with E-state index in [1.54, 1.807) is 42.3 Å². The molecular formula is C23H22N4O3S2. The highest BCUT2D eigenvalue weighted by Gasteiger charge is 2.32. The van der Waals surface area contributed by atoms with E-state index in [2.05, 4.69) is 10.3 Å². The van der Waals surface area contributed by atoms with E-state index in [1.807, 2.05) is 30.3 Å². The van der Waals surface area contributed by atoms with Crippen LogP contribution in [0.25, 0.3) is 11.7 Å². The summed E-state index contributed by atoms with van der Waals surface area (Å²) in [5, 5.41) is 12.7. The second-order valence-corrected chi connectivity index (χ2v) is 9.08. The van der Waals surface area contributed by atoms with Gasteiger partial charge in [0.1, 0.15) is 15.8 Å². The summed E-state index contributed by atoms with van der Waals surface area (Å²) in [4.78, 5) is 32.7. The van der Waals surface area contributed by atoms with Crippen LogP contribution in [-0.4, -0.2) is 48.8 Å². The van der Waals surface area contributed by atoms with Crippen molar-refractivity contribution in [2.75, 3.05) is 18.4 Å². The number of pyridine rings is 1. The first-order chi connectivity index (χ1) is 15.4. The Kier molecular flexibility index (Phi) is 6.69. The molecule has 1 aliphatic heterocycles. The van der Waals surface area contributed by atoms with Gasteiger partial charge in [-0.15, -0.1) is 0 Å². The fourth-order valence-electron chi connectivity index (χ4n) is 3.32. The van der Waals surface area contributed by atoms with Gasteiger partial charge in [-0.25, -0.2) is 4.98 Å². The number of benzene rings is 1. The Morgan fingerprint density at radius 1 is 1.19 bits per heavy atom. The highest BCUT2D eigenvalue weighted by atomic mass is 32.2. The minimum absolute atomic E-state index is 0.217. The van der Waals surface area contributed by atoms with E-state index >= 15 is 0 Å². The molecule has 2 aromatic heterocycles. The van der Waals surface area contributed by atoms with Gasteiger partial charge < -0.3 is 10.4 Å². The van der Waals surface area contributed by atoms with E-state index < -0.39 is 6.10 Å². The zero-order chi connectivity index (χ0) is 22.7. The number of aliphatic hydroxyl groups excluding tert-OH is 1. The number of nitrogens with one attached hydrogen (secondary N) is 1. The molecule has 164 valence electrons. The number of hydrogen-bond donors (Lipinski definition) is 2. The summed E-state index contributed by atoms with van der Waals surface area (Å²) in [6.45, 7) is 2.32. The van der Waals surface area contributed by atoms with Crippen LogP contribution in [0.3, 0.4) is 0 Å². The molecule has 0 aliphatic carbocycles. The number of hydrogen-bond acceptors (Lipinski definition) is 7. The third-order valence-corrected chi connectivity index (χ3v) is 6.33. The Morgan fingerprint density at radius 3 is 2.69 bits per heavy atom. The monoisotopic (exact) mass is 466 g/mol. The topological polar surface area (TPSA) is 86.9 Å². The number of thioether (sulfide) groups is 1. The van der Waals surface area contributed by atoms with Crippen molar-refractivity contribution < 1.29 is 9.90 Å². The third kappa shape index (κ3) is 4.74. The lowest BCUT2D eigenvalue weighted by Gasteiger charge is -2.14. The molecule has 0 spiro atoms. The third-order valence-electron chi connectivity index (χ3n) is 4.95. The lowest BCUT2D eigenvalue weighted by atomic mass is 10.1. The maximum Gasteiger partial charge on any atom is 0.267 e. The fourth-order valence-corrected chi connectivity index (χ4v) is 4.61. The van der Waals surface area contributed by atoms with Crippen molar-refractivity contribution in [3.63, 3.8) is 0 Å². The predicted molar refractivity (Wildman–Crippen MR) is 132 cm³/mol. The van der Waals surface area contributed by atoms with Gasteiger partial charge in [-0.05, 0) is 37.1 Å². The number of nitrogens with zero attached hydrogens (tertiary/aromatic N) is 3. The van der Waals surface area contributed by atoms with Crippen LogP contribution in [0, 0.1) is 0 Å². The fraction of sp³-hybridized carbons (Fsp3) is 0.217. The lowest BCUT2D eigenvalue weighted by Crippen LogP contribution is -2.30. The molecule has 3 aromatic rings. The minimum atomic E-state index is -0.630. The molecule has 9 heteroatoms. The van der Waals surface area contributed by atoms with Crippen LogP contribution in [0.4, 0.5) is 5.82 Å². The van der Waals surface area contributed by atoms with Crippen LogP contribution < -0.4 is 10.9 Å². The van der Waals surface area contributed by atoms with E-state index in [1.165, 1.54) is 16.2 Å². The second kappa shape index (κ2) is 9.64. The average molecular weight is 467 g/mol. The molecule has 3 heterocycles. The molecule has 32 heavy (non-hydrogen) atoms. The van der Waals surface area contributed by atoms with Crippen LogP contribution in [-0.2, 0) is 11.2 Å². The molecule has 7 nitrogen and oxygen atoms in total. The number of amides is 1. The SMILES string of the molecule is CC(O)CNc1nc2ccccn2c(=O)c1C=C1SC(=S)N(CCc2ccccc2)C1=O. The van der Waals surface area contributed by atoms with Crippen molar-refractivity contribution >= 4 is 51.7 Å². The summed E-state index contributed by atoms with van der Waals surface area (Å²) in [5.41, 5.74) is 1.53. The Morgan fingerprint density at radius 2 is 1.94 bits per heavy atom. The van der Waals surface area contributed by atoms with E-state index in [-0.39, 0.29) is 23.6 Å². The van der Waals surface area contributed by atoms with Gasteiger partial charge in [0.25, 0.3) is 11.5 Å². The first kappa shape index (κ1) is 22.2. The summed E-state index contributed by atoms with van der Waals surface area (Å²) in [5.74, 6) is 0.0895. The number of aromatic nitrogens is 2. The highest BCUT2D eigenvalue weighted by Crippen LogP contribution is 2.33. The molecule has 1 aromatic carbocycles. The zero-order valence-corrected chi connectivity index (χ0v) is 19.0. The van der Waals surface area contributed by atoms with Gasteiger partial charge in [-0.3, -0.25) is 18.9 Å². The molecule has 0 saturated carbocycles. The molecule has 1 atom stereocenters. The summed E-state index contributed by atoms with van der Waals surface area (Å²) in [6, 6.07) is 15.1. The molecule has 1 fully saturated rings. The highest BCUT2D eigenvalue weighted by molar-refractivity contribution is 8.26. The van der Waals surface area contributed by atoms with Crippen molar-refractivity contribution in [3.8, 4) is 0 Å². The molecule has 1 amide bonds. The van der Waals surface area contributed by atoms with Crippen LogP contribution in [0.1, 0.15) is 18.1 Å². The molecule has 0 radical (unpaired) electrons. The summed E-state index contributed by atoms with van der Waals surface area (Å²) in [6.07, 6.45) is 3.23. The van der Waals surface area contributed by atoms with Gasteiger partial charge in [0.15, 0.2) is 0 Å². The largest absolute Gasteiger partial charge is 0.392 e. The molecule has 1 saturated heterocycles. The van der Waals surface area contributed by atoms with E-state index in [0.717, 1.165) is 5.56 Å². The van der Waals surface area contributed by atoms with Crippen LogP contribution in [0.2, 0.25) is 0 Å². The van der Waals surface area contributed by atoms with Gasteiger partial charge >= 0.3 is 0 Å². The van der Waals surface area contributed by atoms with Gasteiger partial charge in [0, 0.05) is 19.3 Å². The summed E-state index contributed by atoms with van der Waals surface area (Å²) >= 11 is 6.61. The zero-order valence-electron chi connectivity index (χ0n) is 17.4. The van der Waals surface area contributed by atoms with Crippen molar-refractivity contribution in [2.45, 2.75) is 19.4 Å². The number of rotatable bonds is 7. The quantitative estimate of drug-likeness (QED) is 0.409. The molecule has 0 bridgehead atoms. The van der Waals surface area contributed by atoms with Gasteiger partial charge in [0.05, 0.1) is 16.6 Å². The van der Waals surface area contributed by atoms with Crippen molar-refractivity contribution in [1.29, 1.82) is 0 Å². The van der Waals surface area contributed by atoms with E-state index in [4.69, 9.17) is 12.2 Å². The van der Waals surface area contributed by atoms with Crippen LogP contribution >= 0.6 is 24.0 Å². The first-order valence-electron chi connectivity index (χ1n) is 10.2. The van der Waals surface area contributed by atoms with Gasteiger partial charge in [-0.2, -0.15) is 0 Å². The Hall–Kier alpha value is -3.01. The summed E-state index contributed by atoms with van der Waals surface area (Å²) in [7, 11) is 0. The van der Waals surface area contributed by atoms with E-state index in [9.17, 15) is 14.7 Å². The molecule has 1 unspecified atom stereocenters. The first-order valence-corrected chi connectivity index (χ1v) is 11.4. The molecule has 1 aliphatic rings. The number of thiocarbonyl (C=S) groups is 1. The number of anilines is 1. The minimum Gasteiger partial charge on any atom is -0.392 e. The predicted octanol–water partition coefficient (Wildman–Crippen LogP) is 2.93. The Balaban J connectivity index is 1.66. The Bertz CT molecular complexity index is 1260. The lowest BCUT2D eigenvalue weighted by molar-refractivity contribution is -0.122. The average Bonchev–Trinajstić information content (AvgIpc) is 3.06. The van der Waals surface area contributed by atoms with E-state index in [0.29, 0.717) is 33.7 Å². The van der Waals surface area contributed by atoms with Crippen molar-refractivity contribution in [1.82, 2.24) is 14.3 Å². The molecule has 4 rings (SSSR count). The van der Waals surface area contributed by atoms with Gasteiger partial charge in [0.2, 0.25) is 0 Å². The molecular weight excluding hydrogens is 444 g/mol. The second-order valence-electron chi connectivity index (χ2n) is 7.41. The molecule has 2 N–H and O–H groups in total. The number of fused-ring (bicyclic) bond motifs is 1. The number of aliphatic hydroxyl groups is 1. The number of carbonyl (C=O) groups is 1. The Labute approximate surface area is 194 Å². The van der Waals surface area contributed by atoms with Crippen molar-refractivity contribution in [2.24, 2.45) is 0 Å². The van der Waals surface area contributed by atoms with Gasteiger partial charge in [-0.1, -0.05) is 60.4 Å². The maximum absolute atomic E-state index is 13.2. The van der Waals surface area contributed by atoms with Crippen LogP contribution in [0.5, 0.6) is 0 Å². The summed E-state index contributed by atoms with van der Waals surface area (Å²) < 4.78 is 1.89. The van der Waals surface area contributed by atoms with Crippen molar-refractivity contribution in [3.05, 3.63) is 81.1 Å². The standard InChI is InChI=1S/C23H22N4O3S2/c1-15(28)14-24-20-17(21(29)26-11-6-5-9-19(26)25-20)13-18-22(30)27(23(31)32-18)12-10-16-7-3-2-4-8-16/h2-9,11,13,15,24,28H,10,12,14H2,1H3. The smallest absolute Gasteiger partial charge is 0.267 e. The van der Waals surface area contributed by atoms with Crippen LogP contribution in [0.15, 0.2) is 64.4 Å². The number of carbonyl (C=O) groups excluding carboxylic acids is 1. The maximum atomic E-state index is 13.2. The normalized spacial score (nSPS) is 16.2.